The molecule has 73 heavy (non-hydrogen) atoms. The summed E-state index contributed by atoms with van der Waals surface area (Å²) in [7, 11) is -3.06. The molecule has 0 saturated heterocycles. The van der Waals surface area contributed by atoms with E-state index in [1.54, 1.807) is 0 Å². The van der Waals surface area contributed by atoms with E-state index in [0.29, 0.717) is 0 Å². The number of ether oxygens (including phenoxy) is 2. The number of hydrogen-bond donors (Lipinski definition) is 0. The average molecular weight is 953 g/mol. The van der Waals surface area contributed by atoms with Crippen LogP contribution >= 0.6 is 0 Å². The number of para-hydroxylation sites is 3. The summed E-state index contributed by atoms with van der Waals surface area (Å²) in [6.07, 6.45) is 0. The van der Waals surface area contributed by atoms with Gasteiger partial charge in [0.2, 0.25) is 0 Å². The normalized spacial score (nSPS) is 12.9. The molecule has 11 aromatic rings. The molecule has 2 heterocycles. The van der Waals surface area contributed by atoms with Crippen molar-refractivity contribution >= 4 is 28.8 Å². The van der Waals surface area contributed by atoms with E-state index in [1.807, 2.05) is 0 Å². The van der Waals surface area contributed by atoms with Crippen LogP contribution in [0.25, 0.3) is 77.9 Å². The van der Waals surface area contributed by atoms with E-state index in [0.717, 1.165) is 67.5 Å². The Balaban J connectivity index is 1.19. The van der Waals surface area contributed by atoms with Gasteiger partial charge in [-0.15, -0.1) is 0 Å². The van der Waals surface area contributed by atoms with Crippen molar-refractivity contribution in [2.45, 2.75) is 26.2 Å². The van der Waals surface area contributed by atoms with Crippen LogP contribution in [0.2, 0.25) is 0 Å². The fourth-order valence-electron chi connectivity index (χ4n) is 11.9. The standard InChI is InChI=1S/C70H52O2Si/c1-70(2,3)54-44-45-61-69(72-57-40-21-24-43-60(57)73(61)58-41-22-19-38-55(58)71-56-39-20-23-42-59(56)73)62(54)52-36-25-37-53(46-52)68-66(50-32-15-7-16-33-50)64(48-28-11-5-12-29-48)63(47-26-9-4-10-27-47)65(49-30-13-6-14-31-49)67(68)51-34-17-8-18-35-51/h4-46H,1-3H3. The van der Waals surface area contributed by atoms with Gasteiger partial charge in [0.1, 0.15) is 23.0 Å². The van der Waals surface area contributed by atoms with Gasteiger partial charge in [0.05, 0.1) is 0 Å². The Morgan fingerprint density at radius 3 is 0.932 bits per heavy atom. The van der Waals surface area contributed by atoms with Crippen LogP contribution in [0.15, 0.2) is 261 Å². The molecule has 2 nitrogen and oxygen atoms in total. The molecular weight excluding hydrogens is 901 g/mol. The third kappa shape index (κ3) is 7.22. The minimum absolute atomic E-state index is 0.246. The zero-order valence-corrected chi connectivity index (χ0v) is 42.1. The second kappa shape index (κ2) is 17.8. The SMILES string of the molecule is CC(C)(C)c1ccc2c(c1-c1cccc(-c3c(-c4ccccc4)c(-c4ccccc4)c(-c4ccccc4)c(-c4ccccc4)c3-c3ccccc3)c1)Oc1ccccc1[Si]21c2ccccc2Oc2ccccc21. The predicted molar refractivity (Wildman–Crippen MR) is 307 cm³/mol. The maximum absolute atomic E-state index is 7.50. The van der Waals surface area contributed by atoms with Gasteiger partial charge in [-0.05, 0) is 128 Å². The van der Waals surface area contributed by atoms with Crippen molar-refractivity contribution in [1.82, 2.24) is 0 Å². The van der Waals surface area contributed by atoms with Crippen LogP contribution in [0.5, 0.6) is 23.0 Å². The second-order valence-corrected chi connectivity index (χ2v) is 23.9. The lowest BCUT2D eigenvalue weighted by atomic mass is 9.74. The quantitative estimate of drug-likeness (QED) is 0.148. The molecule has 0 bridgehead atoms. The zero-order chi connectivity index (χ0) is 49.1. The van der Waals surface area contributed by atoms with E-state index < -0.39 is 8.07 Å². The summed E-state index contributed by atoms with van der Waals surface area (Å²) in [5, 5.41) is 4.92. The lowest BCUT2D eigenvalue weighted by molar-refractivity contribution is 0.480. The molecule has 0 saturated carbocycles. The Morgan fingerprint density at radius 2 is 0.562 bits per heavy atom. The average Bonchev–Trinajstić information content (AvgIpc) is 3.45. The fourth-order valence-corrected chi connectivity index (χ4v) is 17.1. The molecule has 0 aliphatic carbocycles. The van der Waals surface area contributed by atoms with Gasteiger partial charge in [-0.25, -0.2) is 0 Å². The van der Waals surface area contributed by atoms with Crippen molar-refractivity contribution in [3.63, 3.8) is 0 Å². The van der Waals surface area contributed by atoms with Gasteiger partial charge in [0.25, 0.3) is 0 Å². The molecule has 2 aliphatic rings. The molecule has 11 aromatic carbocycles. The summed E-state index contributed by atoms with van der Waals surface area (Å²) < 4.78 is 14.3. The minimum Gasteiger partial charge on any atom is -0.458 e. The molecule has 0 aromatic heterocycles. The predicted octanol–water partition coefficient (Wildman–Crippen LogP) is 16.2. The van der Waals surface area contributed by atoms with Gasteiger partial charge in [0, 0.05) is 5.56 Å². The summed E-state index contributed by atoms with van der Waals surface area (Å²) >= 11 is 0. The molecule has 0 fully saturated rings. The molecule has 3 heteroatoms. The largest absolute Gasteiger partial charge is 0.458 e. The summed E-state index contributed by atoms with van der Waals surface area (Å²) in [6, 6.07) is 95.3. The maximum Gasteiger partial charge on any atom is 0.196 e. The van der Waals surface area contributed by atoms with E-state index in [2.05, 4.69) is 282 Å². The fraction of sp³-hybridized carbons (Fsp3) is 0.0571. The Labute approximate surface area is 429 Å². The highest BCUT2D eigenvalue weighted by atomic mass is 28.3. The van der Waals surface area contributed by atoms with Gasteiger partial charge in [-0.2, -0.15) is 0 Å². The molecule has 0 N–H and O–H groups in total. The highest BCUT2D eigenvalue weighted by Gasteiger charge is 2.53. The summed E-state index contributed by atoms with van der Waals surface area (Å²) in [5.41, 5.74) is 17.2. The van der Waals surface area contributed by atoms with E-state index in [4.69, 9.17) is 9.47 Å². The first kappa shape index (κ1) is 44.2. The van der Waals surface area contributed by atoms with Crippen LogP contribution in [-0.2, 0) is 5.41 Å². The van der Waals surface area contributed by atoms with Gasteiger partial charge < -0.3 is 9.47 Å². The van der Waals surface area contributed by atoms with Crippen molar-refractivity contribution in [2.75, 3.05) is 0 Å². The van der Waals surface area contributed by atoms with Crippen LogP contribution < -0.4 is 30.2 Å². The number of rotatable bonds is 7. The first-order valence-corrected chi connectivity index (χ1v) is 27.3. The highest BCUT2D eigenvalue weighted by Crippen LogP contribution is 2.56. The number of benzene rings is 11. The van der Waals surface area contributed by atoms with E-state index in [-0.39, 0.29) is 5.41 Å². The van der Waals surface area contributed by atoms with Gasteiger partial charge >= 0.3 is 0 Å². The minimum atomic E-state index is -3.06. The van der Waals surface area contributed by atoms with Crippen LogP contribution in [-0.4, -0.2) is 8.07 Å². The third-order valence-corrected chi connectivity index (χ3v) is 19.8. The van der Waals surface area contributed by atoms with Crippen molar-refractivity contribution < 1.29 is 9.47 Å². The zero-order valence-electron chi connectivity index (χ0n) is 41.1. The van der Waals surface area contributed by atoms with Crippen molar-refractivity contribution in [3.05, 3.63) is 266 Å². The van der Waals surface area contributed by atoms with Crippen LogP contribution in [0.4, 0.5) is 0 Å². The maximum atomic E-state index is 7.50. The summed E-state index contributed by atoms with van der Waals surface area (Å²) in [6.45, 7) is 6.98. The van der Waals surface area contributed by atoms with E-state index in [1.165, 1.54) is 59.7 Å². The van der Waals surface area contributed by atoms with Gasteiger partial charge in [-0.1, -0.05) is 257 Å². The Kier molecular flexibility index (Phi) is 10.8. The first-order chi connectivity index (χ1) is 35.9. The highest BCUT2D eigenvalue weighted by molar-refractivity contribution is 7.21. The number of fused-ring (bicyclic) bond motifs is 8. The van der Waals surface area contributed by atoms with Crippen LogP contribution in [0, 0.1) is 0 Å². The molecule has 0 unspecified atom stereocenters. The topological polar surface area (TPSA) is 18.5 Å². The molecule has 0 amide bonds. The molecule has 0 radical (unpaired) electrons. The Hall–Kier alpha value is -8.76. The van der Waals surface area contributed by atoms with E-state index in [9.17, 15) is 0 Å². The molecule has 2 aliphatic heterocycles. The van der Waals surface area contributed by atoms with E-state index >= 15 is 0 Å². The van der Waals surface area contributed by atoms with Gasteiger partial charge in [0.15, 0.2) is 8.07 Å². The monoisotopic (exact) mass is 952 g/mol. The van der Waals surface area contributed by atoms with Crippen LogP contribution in [0.3, 0.4) is 0 Å². The molecular formula is C70H52O2Si. The first-order valence-electron chi connectivity index (χ1n) is 25.3. The Bertz CT molecular complexity index is 3690. The smallest absolute Gasteiger partial charge is 0.196 e. The third-order valence-electron chi connectivity index (χ3n) is 14.9. The summed E-state index contributed by atoms with van der Waals surface area (Å²) in [5.74, 6) is 3.62. The molecule has 13 rings (SSSR count). The van der Waals surface area contributed by atoms with Crippen molar-refractivity contribution in [3.8, 4) is 101 Å². The molecule has 348 valence electrons. The molecule has 1 spiro atoms. The lowest BCUT2D eigenvalue weighted by Crippen LogP contribution is -2.77. The second-order valence-electron chi connectivity index (χ2n) is 20.2. The number of hydrogen-bond acceptors (Lipinski definition) is 2. The van der Waals surface area contributed by atoms with Gasteiger partial charge in [-0.3, -0.25) is 0 Å². The van der Waals surface area contributed by atoms with Crippen molar-refractivity contribution in [2.24, 2.45) is 0 Å². The van der Waals surface area contributed by atoms with Crippen molar-refractivity contribution in [1.29, 1.82) is 0 Å². The molecule has 0 atom stereocenters. The summed E-state index contributed by atoms with van der Waals surface area (Å²) in [4.78, 5) is 0. The lowest BCUT2D eigenvalue weighted by Gasteiger charge is -2.44. The van der Waals surface area contributed by atoms with Crippen LogP contribution in [0.1, 0.15) is 26.3 Å². The Morgan fingerprint density at radius 1 is 0.260 bits per heavy atom.